The zero-order valence-corrected chi connectivity index (χ0v) is 23.9. The fourth-order valence-corrected chi connectivity index (χ4v) is 5.83. The molecule has 2 aliphatic heterocycles. The zero-order chi connectivity index (χ0) is 29.9. The van der Waals surface area contributed by atoms with Crippen molar-refractivity contribution in [3.05, 3.63) is 97.3 Å². The second-order valence-corrected chi connectivity index (χ2v) is 10.8. The van der Waals surface area contributed by atoms with Crippen LogP contribution in [0, 0.1) is 16.0 Å². The molecule has 2 aromatic rings. The molecule has 10 nitrogen and oxygen atoms in total. The number of nitrogens with one attached hydrogen (secondary N) is 1. The van der Waals surface area contributed by atoms with Crippen molar-refractivity contribution in [1.29, 1.82) is 0 Å². The Morgan fingerprint density at radius 3 is 2.37 bits per heavy atom. The second-order valence-electron chi connectivity index (χ2n) is 10.4. The van der Waals surface area contributed by atoms with E-state index >= 15 is 0 Å². The van der Waals surface area contributed by atoms with E-state index < -0.39 is 22.3 Å². The monoisotopic (exact) mass is 581 g/mol. The number of likely N-dealkylation sites (tertiary alicyclic amines) is 1. The zero-order valence-electron chi connectivity index (χ0n) is 23.1. The second kappa shape index (κ2) is 12.2. The van der Waals surface area contributed by atoms with Crippen molar-refractivity contribution in [2.75, 3.05) is 26.2 Å². The van der Waals surface area contributed by atoms with Crippen LogP contribution in [-0.2, 0) is 19.7 Å². The van der Waals surface area contributed by atoms with Gasteiger partial charge in [-0.15, -0.1) is 0 Å². The summed E-state index contributed by atoms with van der Waals surface area (Å²) in [5.41, 5.74) is -0.486. The summed E-state index contributed by atoms with van der Waals surface area (Å²) < 4.78 is 5.62. The van der Waals surface area contributed by atoms with Crippen molar-refractivity contribution in [3.8, 4) is 0 Å². The number of ether oxygens (including phenoxy) is 1. The number of Topliss-reactive ketones (excluding diaryl/α,β-unsaturated/α-hetero) is 1. The number of nitro benzene ring substituents is 1. The number of nitrogens with zero attached hydrogens (tertiary/aromatic N) is 2. The van der Waals surface area contributed by atoms with Crippen LogP contribution in [0.25, 0.3) is 0 Å². The standard InChI is InChI=1S/C30H32ClN3O7/c1-18-19(2)32-20(3)26(30(18,29(37)38)23-5-4-6-25(17-23)34(39)40)28(36)41-16-15-33-13-11-22(12-14-33)27(35)21-7-9-24(31)10-8-21/h4-10,17,22,32H,11-16H2,1-3H3,(H,37,38). The van der Waals surface area contributed by atoms with Crippen LogP contribution in [0.3, 0.4) is 0 Å². The summed E-state index contributed by atoms with van der Waals surface area (Å²) in [6, 6.07) is 12.2. The number of carboxylic acid groups (broad SMARTS) is 1. The largest absolute Gasteiger partial charge is 0.480 e. The summed E-state index contributed by atoms with van der Waals surface area (Å²) in [6.45, 7) is 6.60. The van der Waals surface area contributed by atoms with Gasteiger partial charge < -0.3 is 15.2 Å². The van der Waals surface area contributed by atoms with Crippen molar-refractivity contribution >= 4 is 35.0 Å². The predicted molar refractivity (Wildman–Crippen MR) is 153 cm³/mol. The van der Waals surface area contributed by atoms with E-state index in [1.807, 2.05) is 0 Å². The van der Waals surface area contributed by atoms with Gasteiger partial charge >= 0.3 is 11.9 Å². The van der Waals surface area contributed by atoms with E-state index in [-0.39, 0.29) is 35.1 Å². The van der Waals surface area contributed by atoms with Crippen LogP contribution in [0.15, 0.2) is 71.1 Å². The van der Waals surface area contributed by atoms with Gasteiger partial charge in [0.2, 0.25) is 0 Å². The van der Waals surface area contributed by atoms with Crippen molar-refractivity contribution in [3.63, 3.8) is 0 Å². The number of carboxylic acids is 1. The Kier molecular flexibility index (Phi) is 8.94. The molecule has 1 atom stereocenters. The quantitative estimate of drug-likeness (QED) is 0.183. The van der Waals surface area contributed by atoms with Crippen molar-refractivity contribution in [1.82, 2.24) is 10.2 Å². The molecule has 0 aromatic heterocycles. The first kappa shape index (κ1) is 30.0. The van der Waals surface area contributed by atoms with Crippen LogP contribution in [0.1, 0.15) is 49.5 Å². The van der Waals surface area contributed by atoms with E-state index in [0.29, 0.717) is 60.0 Å². The Balaban J connectivity index is 1.46. The van der Waals surface area contributed by atoms with Crippen molar-refractivity contribution in [2.45, 2.75) is 39.0 Å². The molecule has 1 unspecified atom stereocenters. The SMILES string of the molecule is CC1=C(C)C(C(=O)O)(c2cccc([N+](=O)[O-])c2)C(C(=O)OCCN2CCC(C(=O)c3ccc(Cl)cc3)CC2)=C(C)N1. The van der Waals surface area contributed by atoms with E-state index in [0.717, 1.165) is 0 Å². The van der Waals surface area contributed by atoms with Crippen LogP contribution in [0.4, 0.5) is 5.69 Å². The van der Waals surface area contributed by atoms with Crippen LogP contribution >= 0.6 is 11.6 Å². The van der Waals surface area contributed by atoms with Gasteiger partial charge in [0.05, 0.1) is 10.5 Å². The highest BCUT2D eigenvalue weighted by molar-refractivity contribution is 6.30. The van der Waals surface area contributed by atoms with Gasteiger partial charge in [-0.2, -0.15) is 0 Å². The topological polar surface area (TPSA) is 139 Å². The summed E-state index contributed by atoms with van der Waals surface area (Å²) in [7, 11) is 0. The average molecular weight is 582 g/mol. The molecule has 0 radical (unpaired) electrons. The molecule has 41 heavy (non-hydrogen) atoms. The van der Waals surface area contributed by atoms with E-state index in [1.165, 1.54) is 24.3 Å². The average Bonchev–Trinajstić information content (AvgIpc) is 2.95. The number of halogens is 1. The number of carbonyl (C=O) groups excluding carboxylic acids is 2. The van der Waals surface area contributed by atoms with E-state index in [9.17, 15) is 29.6 Å². The number of nitro groups is 1. The third kappa shape index (κ3) is 5.89. The summed E-state index contributed by atoms with van der Waals surface area (Å²) in [5.74, 6) is -2.16. The summed E-state index contributed by atoms with van der Waals surface area (Å²) in [4.78, 5) is 52.3. The van der Waals surface area contributed by atoms with E-state index in [4.69, 9.17) is 16.3 Å². The number of piperidine rings is 1. The van der Waals surface area contributed by atoms with E-state index in [1.54, 1.807) is 45.0 Å². The van der Waals surface area contributed by atoms with Crippen LogP contribution < -0.4 is 5.32 Å². The van der Waals surface area contributed by atoms with E-state index in [2.05, 4.69) is 10.2 Å². The lowest BCUT2D eigenvalue weighted by Gasteiger charge is -2.38. The maximum absolute atomic E-state index is 13.5. The number of aliphatic carboxylic acids is 1. The number of rotatable bonds is 9. The van der Waals surface area contributed by atoms with Crippen molar-refractivity contribution < 1.29 is 29.2 Å². The Morgan fingerprint density at radius 2 is 1.76 bits per heavy atom. The van der Waals surface area contributed by atoms with Crippen molar-refractivity contribution in [2.24, 2.45) is 5.92 Å². The number of dihydropyridines is 1. The van der Waals surface area contributed by atoms with Gasteiger partial charge in [-0.05, 0) is 82.1 Å². The number of benzene rings is 2. The molecule has 11 heteroatoms. The molecule has 2 aliphatic rings. The first-order valence-electron chi connectivity index (χ1n) is 13.3. The van der Waals surface area contributed by atoms with Gasteiger partial charge in [0.15, 0.2) is 5.78 Å². The highest BCUT2D eigenvalue weighted by atomic mass is 35.5. The lowest BCUT2D eigenvalue weighted by Crippen LogP contribution is -2.48. The van der Waals surface area contributed by atoms with Crippen LogP contribution in [0.5, 0.6) is 0 Å². The lowest BCUT2D eigenvalue weighted by atomic mass is 9.66. The molecule has 216 valence electrons. The molecule has 0 aliphatic carbocycles. The summed E-state index contributed by atoms with van der Waals surface area (Å²) in [5, 5.41) is 25.7. The van der Waals surface area contributed by atoms with Crippen LogP contribution in [0.2, 0.25) is 5.02 Å². The molecule has 1 saturated heterocycles. The highest BCUT2D eigenvalue weighted by Crippen LogP contribution is 2.45. The van der Waals surface area contributed by atoms with Gasteiger partial charge in [-0.3, -0.25) is 24.6 Å². The molecule has 0 spiro atoms. The fraction of sp³-hybridized carbons (Fsp3) is 0.367. The Bertz CT molecular complexity index is 1440. The molecule has 0 bridgehead atoms. The number of allylic oxidation sites excluding steroid dienone is 2. The smallest absolute Gasteiger partial charge is 0.337 e. The highest BCUT2D eigenvalue weighted by Gasteiger charge is 2.53. The Hall–Kier alpha value is -4.02. The third-order valence-corrected chi connectivity index (χ3v) is 8.24. The van der Waals surface area contributed by atoms with Gasteiger partial charge in [0.25, 0.3) is 5.69 Å². The molecule has 2 heterocycles. The number of ketones is 1. The number of hydrogen-bond donors (Lipinski definition) is 2. The van der Waals surface area contributed by atoms with Gasteiger partial charge in [0.1, 0.15) is 12.0 Å². The minimum Gasteiger partial charge on any atom is -0.480 e. The lowest BCUT2D eigenvalue weighted by molar-refractivity contribution is -0.384. The maximum Gasteiger partial charge on any atom is 0.337 e. The Morgan fingerprint density at radius 1 is 1.10 bits per heavy atom. The van der Waals surface area contributed by atoms with Gasteiger partial charge in [-0.25, -0.2) is 4.79 Å². The molecule has 0 saturated carbocycles. The third-order valence-electron chi connectivity index (χ3n) is 7.99. The molecule has 4 rings (SSSR count). The Labute approximate surface area is 242 Å². The number of carbonyl (C=O) groups is 3. The first-order chi connectivity index (χ1) is 19.5. The van der Waals surface area contributed by atoms with Crippen LogP contribution in [-0.4, -0.2) is 58.9 Å². The summed E-state index contributed by atoms with van der Waals surface area (Å²) in [6.07, 6.45) is 1.34. The molecule has 2 aromatic carbocycles. The number of non-ortho nitro benzene ring substituents is 1. The number of esters is 1. The first-order valence-corrected chi connectivity index (χ1v) is 13.7. The molecule has 2 N–H and O–H groups in total. The molecule has 1 fully saturated rings. The molecular weight excluding hydrogens is 550 g/mol. The minimum atomic E-state index is -1.97. The fourth-order valence-electron chi connectivity index (χ4n) is 5.71. The maximum atomic E-state index is 13.5. The number of hydrogen-bond acceptors (Lipinski definition) is 8. The normalized spacial score (nSPS) is 20.0. The van der Waals surface area contributed by atoms with Gasteiger partial charge in [-0.1, -0.05) is 23.7 Å². The minimum absolute atomic E-state index is 0.0117. The molecular formula is C30H32ClN3O7. The summed E-state index contributed by atoms with van der Waals surface area (Å²) >= 11 is 5.93. The van der Waals surface area contributed by atoms with Gasteiger partial charge in [0, 0.05) is 46.6 Å². The molecule has 0 amide bonds. The predicted octanol–water partition coefficient (Wildman–Crippen LogP) is 4.88.